The molecule has 3 rings (SSSR count). The quantitative estimate of drug-likeness (QED) is 0.234. The molecule has 7 heteroatoms. The molecule has 1 amide bonds. The van der Waals surface area contributed by atoms with Crippen LogP contribution in [0.1, 0.15) is 40.2 Å². The van der Waals surface area contributed by atoms with Crippen molar-refractivity contribution in [3.05, 3.63) is 53.8 Å². The van der Waals surface area contributed by atoms with Crippen LogP contribution < -0.4 is 0 Å². The number of carbonyl (C=O) groups is 1. The van der Waals surface area contributed by atoms with E-state index in [-0.39, 0.29) is 12.5 Å². The second-order valence-electron chi connectivity index (χ2n) is 9.27. The topological polar surface area (TPSA) is 74.1 Å². The number of amides is 1. The summed E-state index contributed by atoms with van der Waals surface area (Å²) >= 11 is 0. The molecule has 0 bridgehead atoms. The van der Waals surface area contributed by atoms with E-state index in [0.29, 0.717) is 6.54 Å². The van der Waals surface area contributed by atoms with Crippen molar-refractivity contribution in [1.29, 1.82) is 0 Å². The highest BCUT2D eigenvalue weighted by atomic mass is 16.8. The monoisotopic (exact) mass is 416 g/mol. The third-order valence-corrected chi connectivity index (χ3v) is 5.14. The summed E-state index contributed by atoms with van der Waals surface area (Å²) in [6.45, 7) is 13.5. The Balaban J connectivity index is 1.91. The Morgan fingerprint density at radius 3 is 2.53 bits per heavy atom. The van der Waals surface area contributed by atoms with Gasteiger partial charge in [0.2, 0.25) is 5.91 Å². The summed E-state index contributed by atoms with van der Waals surface area (Å²) in [6.07, 6.45) is 1.33. The first kappa shape index (κ1) is 22.5. The van der Waals surface area contributed by atoms with Gasteiger partial charge in [-0.1, -0.05) is 57.2 Å². The van der Waals surface area contributed by atoms with Gasteiger partial charge in [-0.05, 0) is 13.8 Å². The molecular formula is C23H32N2O5. The van der Waals surface area contributed by atoms with Gasteiger partial charge in [0.05, 0.1) is 6.04 Å². The van der Waals surface area contributed by atoms with E-state index in [1.165, 1.54) is 6.21 Å². The van der Waals surface area contributed by atoms with Gasteiger partial charge in [0.25, 0.3) is 0 Å². The lowest BCUT2D eigenvalue weighted by Crippen LogP contribution is -2.55. The Bertz CT molecular complexity index is 800. The van der Waals surface area contributed by atoms with Crippen molar-refractivity contribution in [3.63, 3.8) is 0 Å². The first-order valence-electron chi connectivity index (χ1n) is 10.3. The largest absolute Gasteiger partial charge is 0.624 e. The van der Waals surface area contributed by atoms with Gasteiger partial charge >= 0.3 is 0 Å². The van der Waals surface area contributed by atoms with Crippen molar-refractivity contribution >= 4 is 12.1 Å². The molecule has 2 heterocycles. The maximum absolute atomic E-state index is 13.2. The zero-order chi connectivity index (χ0) is 22.1. The maximum atomic E-state index is 13.2. The Morgan fingerprint density at radius 1 is 1.27 bits per heavy atom. The Kier molecular flexibility index (Phi) is 6.36. The van der Waals surface area contributed by atoms with Gasteiger partial charge < -0.3 is 24.3 Å². The molecule has 0 saturated carbocycles. The van der Waals surface area contributed by atoms with E-state index in [0.717, 1.165) is 10.3 Å². The van der Waals surface area contributed by atoms with Crippen LogP contribution in [-0.4, -0.2) is 58.6 Å². The van der Waals surface area contributed by atoms with Gasteiger partial charge in [0, 0.05) is 17.5 Å². The fourth-order valence-corrected chi connectivity index (χ4v) is 3.88. The van der Waals surface area contributed by atoms with E-state index < -0.39 is 35.7 Å². The number of hydrogen-bond donors (Lipinski definition) is 0. The minimum absolute atomic E-state index is 0.0659. The van der Waals surface area contributed by atoms with Crippen molar-refractivity contribution in [2.75, 3.05) is 6.54 Å². The lowest BCUT2D eigenvalue weighted by Gasteiger charge is -2.36. The highest BCUT2D eigenvalue weighted by Crippen LogP contribution is 2.40. The number of ether oxygens (including phenoxy) is 3. The molecule has 2 aliphatic rings. The standard InChI is InChI=1S/C23H32N2O5/c1-7-13-25(21(26)22(2,3)4)18-17(28-20-19(18)29-23(5,6)30-20)15-24(27)14-16-11-9-8-10-12-16/h7-12,15,17-20H,1,13-14H2,2-6H3/b24-15-/t17-,18-,19-,20-/m1/s1. The van der Waals surface area contributed by atoms with Crippen LogP contribution in [0.5, 0.6) is 0 Å². The van der Waals surface area contributed by atoms with Crippen LogP contribution in [0.25, 0.3) is 0 Å². The summed E-state index contributed by atoms with van der Waals surface area (Å²) in [6, 6.07) is 8.96. The minimum Gasteiger partial charge on any atom is -0.624 e. The molecule has 0 aliphatic carbocycles. The van der Waals surface area contributed by atoms with E-state index in [1.54, 1.807) is 11.0 Å². The number of carbonyl (C=O) groups excluding carboxylic acids is 1. The van der Waals surface area contributed by atoms with E-state index in [2.05, 4.69) is 6.58 Å². The van der Waals surface area contributed by atoms with Crippen molar-refractivity contribution < 1.29 is 23.7 Å². The molecule has 1 aromatic rings. The average Bonchev–Trinajstić information content (AvgIpc) is 3.10. The SMILES string of the molecule is C=CCN(C(=O)C(C)(C)C)[C@H]1[C@H]2OC(C)(C)O[C@H]2O[C@@H]1/C=[N+](\[O-])Cc1ccccc1. The van der Waals surface area contributed by atoms with Crippen LogP contribution in [0.2, 0.25) is 0 Å². The summed E-state index contributed by atoms with van der Waals surface area (Å²) in [4.78, 5) is 14.9. The summed E-state index contributed by atoms with van der Waals surface area (Å²) < 4.78 is 18.9. The second-order valence-corrected chi connectivity index (χ2v) is 9.27. The van der Waals surface area contributed by atoms with Gasteiger partial charge in [-0.2, -0.15) is 0 Å². The van der Waals surface area contributed by atoms with Crippen LogP contribution in [0.15, 0.2) is 43.0 Å². The van der Waals surface area contributed by atoms with E-state index >= 15 is 0 Å². The smallest absolute Gasteiger partial charge is 0.228 e. The van der Waals surface area contributed by atoms with Gasteiger partial charge in [-0.15, -0.1) is 6.58 Å². The molecule has 2 aliphatic heterocycles. The Labute approximate surface area is 178 Å². The molecule has 2 saturated heterocycles. The van der Waals surface area contributed by atoms with Gasteiger partial charge in [-0.3, -0.25) is 4.79 Å². The first-order chi connectivity index (χ1) is 14.0. The number of hydrogen-bond acceptors (Lipinski definition) is 5. The minimum atomic E-state index is -0.829. The Hall–Kier alpha value is -2.22. The highest BCUT2D eigenvalue weighted by molar-refractivity contribution is 5.82. The van der Waals surface area contributed by atoms with Crippen molar-refractivity contribution in [2.45, 2.75) is 71.5 Å². The molecule has 0 spiro atoms. The van der Waals surface area contributed by atoms with Gasteiger partial charge in [0.1, 0.15) is 6.10 Å². The fourth-order valence-electron chi connectivity index (χ4n) is 3.88. The highest BCUT2D eigenvalue weighted by Gasteiger charge is 2.58. The van der Waals surface area contributed by atoms with E-state index in [4.69, 9.17) is 14.2 Å². The number of hydroxylamine groups is 1. The van der Waals surface area contributed by atoms with Gasteiger partial charge in [0.15, 0.2) is 30.9 Å². The molecule has 4 atom stereocenters. The second kappa shape index (κ2) is 8.49. The average molecular weight is 417 g/mol. The van der Waals surface area contributed by atoms with Crippen LogP contribution in [0.3, 0.4) is 0 Å². The maximum Gasteiger partial charge on any atom is 0.228 e. The number of benzene rings is 1. The molecule has 7 nitrogen and oxygen atoms in total. The molecule has 0 unspecified atom stereocenters. The summed E-state index contributed by atoms with van der Waals surface area (Å²) in [7, 11) is 0. The lowest BCUT2D eigenvalue weighted by molar-refractivity contribution is -0.473. The molecular weight excluding hydrogens is 384 g/mol. The lowest BCUT2D eigenvalue weighted by atomic mass is 9.92. The summed E-state index contributed by atoms with van der Waals surface area (Å²) in [5.41, 5.74) is 0.280. The van der Waals surface area contributed by atoms with Crippen molar-refractivity contribution in [3.8, 4) is 0 Å². The predicted molar refractivity (Wildman–Crippen MR) is 114 cm³/mol. The molecule has 1 aromatic carbocycles. The summed E-state index contributed by atoms with van der Waals surface area (Å²) in [5, 5.41) is 12.7. The van der Waals surface area contributed by atoms with Crippen LogP contribution in [0, 0.1) is 10.6 Å². The van der Waals surface area contributed by atoms with E-state index in [9.17, 15) is 10.0 Å². The van der Waals surface area contributed by atoms with Crippen LogP contribution in [-0.2, 0) is 25.5 Å². The fraction of sp³-hybridized carbons (Fsp3) is 0.565. The van der Waals surface area contributed by atoms with Crippen LogP contribution >= 0.6 is 0 Å². The normalized spacial score (nSPS) is 28.2. The Morgan fingerprint density at radius 2 is 1.93 bits per heavy atom. The molecule has 0 aromatic heterocycles. The molecule has 164 valence electrons. The van der Waals surface area contributed by atoms with Crippen molar-refractivity contribution in [1.82, 2.24) is 4.90 Å². The van der Waals surface area contributed by atoms with Crippen molar-refractivity contribution in [2.24, 2.45) is 5.41 Å². The third-order valence-electron chi connectivity index (χ3n) is 5.14. The van der Waals surface area contributed by atoms with E-state index in [1.807, 2.05) is 65.0 Å². The van der Waals surface area contributed by atoms with Crippen LogP contribution in [0.4, 0.5) is 0 Å². The van der Waals surface area contributed by atoms with Gasteiger partial charge in [-0.25, -0.2) is 4.74 Å². The first-order valence-corrected chi connectivity index (χ1v) is 10.3. The molecule has 30 heavy (non-hydrogen) atoms. The zero-order valence-corrected chi connectivity index (χ0v) is 18.4. The summed E-state index contributed by atoms with van der Waals surface area (Å²) in [5.74, 6) is -0.895. The third kappa shape index (κ3) is 4.91. The number of nitrogens with zero attached hydrogens (tertiary/aromatic N) is 2. The predicted octanol–water partition coefficient (Wildman–Crippen LogP) is 3.07. The molecule has 2 fully saturated rings. The molecule has 0 N–H and O–H groups in total. The zero-order valence-electron chi connectivity index (χ0n) is 18.4. The number of rotatable bonds is 6. The molecule has 0 radical (unpaired) electrons. The number of fused-ring (bicyclic) bond motifs is 1.